The van der Waals surface area contributed by atoms with Gasteiger partial charge in [-0.15, -0.1) is 0 Å². The van der Waals surface area contributed by atoms with Gasteiger partial charge in [0.05, 0.1) is 13.0 Å². The van der Waals surface area contributed by atoms with Crippen LogP contribution in [0, 0.1) is 0 Å². The number of rotatable bonds is 6. The van der Waals surface area contributed by atoms with Crippen molar-refractivity contribution in [1.29, 1.82) is 0 Å². The molecule has 1 aliphatic rings. The van der Waals surface area contributed by atoms with Crippen LogP contribution in [0.1, 0.15) is 36.5 Å². The molecule has 1 aliphatic heterocycles. The number of amides is 2. The van der Waals surface area contributed by atoms with Gasteiger partial charge in [-0.1, -0.05) is 31.5 Å². The predicted octanol–water partition coefficient (Wildman–Crippen LogP) is 1.24. The smallest absolute Gasteiger partial charge is 0.308 e. The van der Waals surface area contributed by atoms with Crippen molar-refractivity contribution >= 4 is 35.1 Å². The first-order valence-corrected chi connectivity index (χ1v) is 9.04. The van der Waals surface area contributed by atoms with E-state index in [-0.39, 0.29) is 23.3 Å². The summed E-state index contributed by atoms with van der Waals surface area (Å²) in [7, 11) is 0. The van der Waals surface area contributed by atoms with Gasteiger partial charge in [-0.3, -0.25) is 19.7 Å². The van der Waals surface area contributed by atoms with Crippen LogP contribution >= 0.6 is 12.2 Å². The lowest BCUT2D eigenvalue weighted by Crippen LogP contribution is -2.60. The predicted molar refractivity (Wildman–Crippen MR) is 100 cm³/mol. The maximum Gasteiger partial charge on any atom is 0.308 e. The first-order chi connectivity index (χ1) is 12.5. The topological polar surface area (TPSA) is 87.7 Å². The van der Waals surface area contributed by atoms with E-state index >= 15 is 0 Å². The first-order valence-electron chi connectivity index (χ1n) is 8.63. The number of nitrogens with zero attached hydrogens (tertiary/aromatic N) is 1. The summed E-state index contributed by atoms with van der Waals surface area (Å²) in [6.45, 7) is 3.13. The van der Waals surface area contributed by atoms with Crippen LogP contribution in [0.2, 0.25) is 0 Å². The van der Waals surface area contributed by atoms with Crippen molar-refractivity contribution in [2.75, 3.05) is 19.7 Å². The highest BCUT2D eigenvalue weighted by atomic mass is 32.1. The highest BCUT2D eigenvalue weighted by Crippen LogP contribution is 2.11. The maximum absolute atomic E-state index is 12.3. The summed E-state index contributed by atoms with van der Waals surface area (Å²) >= 11 is 5.30. The number of esters is 1. The minimum Gasteiger partial charge on any atom is -0.466 e. The van der Waals surface area contributed by atoms with Crippen molar-refractivity contribution in [3.63, 3.8) is 0 Å². The zero-order valence-electron chi connectivity index (χ0n) is 14.7. The second kappa shape index (κ2) is 9.86. The fourth-order valence-electron chi connectivity index (χ4n) is 2.54. The second-order valence-corrected chi connectivity index (χ2v) is 6.29. The van der Waals surface area contributed by atoms with Crippen LogP contribution in [0.4, 0.5) is 0 Å². The van der Waals surface area contributed by atoms with Crippen LogP contribution in [0.5, 0.6) is 0 Å². The Hall–Kier alpha value is -2.48. The van der Waals surface area contributed by atoms with Gasteiger partial charge in [0.25, 0.3) is 5.91 Å². The molecule has 1 saturated heterocycles. The van der Waals surface area contributed by atoms with Crippen LogP contribution in [0.15, 0.2) is 30.3 Å². The van der Waals surface area contributed by atoms with Gasteiger partial charge in [-0.25, -0.2) is 0 Å². The van der Waals surface area contributed by atoms with Gasteiger partial charge in [-0.05, 0) is 30.8 Å². The molecule has 1 aromatic carbocycles. The van der Waals surface area contributed by atoms with E-state index < -0.39 is 12.0 Å². The summed E-state index contributed by atoms with van der Waals surface area (Å²) in [5.74, 6) is -1.12. The van der Waals surface area contributed by atoms with Crippen LogP contribution in [0.3, 0.4) is 0 Å². The third-order valence-corrected chi connectivity index (χ3v) is 4.31. The monoisotopic (exact) mass is 377 g/mol. The molecule has 2 rings (SSSR count). The summed E-state index contributed by atoms with van der Waals surface area (Å²) in [5, 5.41) is 5.47. The maximum atomic E-state index is 12.3. The largest absolute Gasteiger partial charge is 0.466 e. The zero-order valence-corrected chi connectivity index (χ0v) is 15.5. The minimum atomic E-state index is -0.790. The molecule has 26 heavy (non-hydrogen) atoms. The number of thiocarbonyl (C=S) groups is 1. The van der Waals surface area contributed by atoms with Gasteiger partial charge in [0.2, 0.25) is 5.91 Å². The molecule has 0 bridgehead atoms. The van der Waals surface area contributed by atoms with Crippen molar-refractivity contribution in [3.05, 3.63) is 35.9 Å². The lowest BCUT2D eigenvalue weighted by molar-refractivity contribution is -0.147. The van der Waals surface area contributed by atoms with E-state index in [1.54, 1.807) is 29.2 Å². The molecule has 7 nitrogen and oxygen atoms in total. The Labute approximate surface area is 158 Å². The molecule has 1 atom stereocenters. The van der Waals surface area contributed by atoms with Gasteiger partial charge in [0.15, 0.2) is 5.11 Å². The molecule has 0 aromatic heterocycles. The van der Waals surface area contributed by atoms with E-state index in [2.05, 4.69) is 10.6 Å². The summed E-state index contributed by atoms with van der Waals surface area (Å²) in [4.78, 5) is 38.0. The van der Waals surface area contributed by atoms with Crippen molar-refractivity contribution in [1.82, 2.24) is 15.5 Å². The van der Waals surface area contributed by atoms with Gasteiger partial charge < -0.3 is 15.0 Å². The molecule has 1 aromatic rings. The Morgan fingerprint density at radius 2 is 2.08 bits per heavy atom. The molecule has 0 aliphatic carbocycles. The third-order valence-electron chi connectivity index (χ3n) is 3.97. The number of ether oxygens (including phenoxy) is 1. The normalized spacial score (nSPS) is 16.6. The van der Waals surface area contributed by atoms with Gasteiger partial charge in [0.1, 0.15) is 6.04 Å². The number of unbranched alkanes of at least 4 members (excludes halogenated alkanes) is 1. The highest BCUT2D eigenvalue weighted by molar-refractivity contribution is 7.80. The summed E-state index contributed by atoms with van der Waals surface area (Å²) in [6, 6.07) is 7.86. The van der Waals surface area contributed by atoms with Crippen LogP contribution in [-0.2, 0) is 14.3 Å². The van der Waals surface area contributed by atoms with Gasteiger partial charge in [0, 0.05) is 18.7 Å². The van der Waals surface area contributed by atoms with E-state index in [9.17, 15) is 14.4 Å². The molecule has 140 valence electrons. The van der Waals surface area contributed by atoms with E-state index in [0.717, 1.165) is 12.8 Å². The SMILES string of the molecule is CCCCOC(=O)CC1C(=O)NCCN1C(=S)NC(=O)c1ccccc1. The van der Waals surface area contributed by atoms with Crippen molar-refractivity contribution in [3.8, 4) is 0 Å². The average Bonchev–Trinajstić information content (AvgIpc) is 2.64. The second-order valence-electron chi connectivity index (χ2n) is 5.90. The number of carbonyl (C=O) groups is 3. The minimum absolute atomic E-state index is 0.114. The van der Waals surface area contributed by atoms with E-state index in [0.29, 0.717) is 25.3 Å². The van der Waals surface area contributed by atoms with Crippen molar-refractivity contribution in [2.24, 2.45) is 0 Å². The Balaban J connectivity index is 1.99. The molecule has 1 unspecified atom stereocenters. The number of carbonyl (C=O) groups excluding carboxylic acids is 3. The quantitative estimate of drug-likeness (QED) is 0.441. The molecule has 2 amide bonds. The van der Waals surface area contributed by atoms with Crippen LogP contribution in [-0.4, -0.2) is 53.5 Å². The lowest BCUT2D eigenvalue weighted by Gasteiger charge is -2.36. The Morgan fingerprint density at radius 3 is 2.77 bits per heavy atom. The fraction of sp³-hybridized carbons (Fsp3) is 0.444. The molecule has 2 N–H and O–H groups in total. The molecule has 0 radical (unpaired) electrons. The van der Waals surface area contributed by atoms with Crippen molar-refractivity contribution < 1.29 is 19.1 Å². The summed E-state index contributed by atoms with van der Waals surface area (Å²) in [6.07, 6.45) is 1.58. The molecule has 8 heteroatoms. The van der Waals surface area contributed by atoms with Gasteiger partial charge in [-0.2, -0.15) is 0 Å². The number of benzene rings is 1. The number of nitrogens with one attached hydrogen (secondary N) is 2. The lowest BCUT2D eigenvalue weighted by atomic mass is 10.1. The Morgan fingerprint density at radius 1 is 1.35 bits per heavy atom. The highest BCUT2D eigenvalue weighted by Gasteiger charge is 2.34. The zero-order chi connectivity index (χ0) is 18.9. The van der Waals surface area contributed by atoms with Crippen LogP contribution < -0.4 is 10.6 Å². The number of piperazine rings is 1. The summed E-state index contributed by atoms with van der Waals surface area (Å²) < 4.78 is 5.14. The molecular weight excluding hydrogens is 354 g/mol. The number of hydrogen-bond acceptors (Lipinski definition) is 5. The number of hydrogen-bond donors (Lipinski definition) is 2. The van der Waals surface area contributed by atoms with Crippen molar-refractivity contribution in [2.45, 2.75) is 32.2 Å². The van der Waals surface area contributed by atoms with Crippen LogP contribution in [0.25, 0.3) is 0 Å². The third kappa shape index (κ3) is 5.52. The molecule has 0 spiro atoms. The van der Waals surface area contributed by atoms with Gasteiger partial charge >= 0.3 is 5.97 Å². The molecule has 1 heterocycles. The Bertz CT molecular complexity index is 666. The first kappa shape index (κ1) is 19.8. The Kier molecular flexibility index (Phi) is 7.53. The van der Waals surface area contributed by atoms with E-state index in [1.807, 2.05) is 13.0 Å². The average molecular weight is 377 g/mol. The molecule has 1 fully saturated rings. The molecular formula is C18H23N3O4S. The van der Waals surface area contributed by atoms with E-state index in [1.165, 1.54) is 0 Å². The standard InChI is InChI=1S/C18H23N3O4S/c1-2-3-11-25-15(22)12-14-17(24)19-9-10-21(14)18(26)20-16(23)13-7-5-4-6-8-13/h4-8,14H,2-3,9-12H2,1H3,(H,19,24)(H,20,23,26). The molecule has 0 saturated carbocycles. The van der Waals surface area contributed by atoms with E-state index in [4.69, 9.17) is 17.0 Å². The summed E-state index contributed by atoms with van der Waals surface area (Å²) in [5.41, 5.74) is 0.465. The fourth-order valence-corrected chi connectivity index (χ4v) is 2.85.